The minimum atomic E-state index is -0.207. The lowest BCUT2D eigenvalue weighted by Crippen LogP contribution is -2.36. The number of rotatable bonds is 9. The Morgan fingerprint density at radius 2 is 0.707 bits per heavy atom. The molecule has 1 atom stereocenters. The van der Waals surface area contributed by atoms with Crippen LogP contribution in [0.2, 0.25) is 0 Å². The highest BCUT2D eigenvalue weighted by atomic mass is 15.2. The molecule has 0 spiro atoms. The average molecular weight is 1060 g/mol. The summed E-state index contributed by atoms with van der Waals surface area (Å²) in [6.45, 7) is 30.8. The summed E-state index contributed by atoms with van der Waals surface area (Å²) in [5.74, 6) is 0.326. The van der Waals surface area contributed by atoms with Crippen LogP contribution in [0.25, 0.3) is 38.2 Å². The van der Waals surface area contributed by atoms with E-state index in [4.69, 9.17) is 0 Å². The molecule has 0 saturated heterocycles. The van der Waals surface area contributed by atoms with Crippen LogP contribution in [0.1, 0.15) is 129 Å². The molecule has 10 aromatic carbocycles. The molecular weight excluding hydrogens is 991 g/mol. The molecule has 82 heavy (non-hydrogen) atoms. The van der Waals surface area contributed by atoms with Crippen LogP contribution >= 0.6 is 0 Å². The standard InChI is InChI=1S/C79H73N3/c1-46-20-26-51(27-21-46)80(54-32-36-56(37-33-54)81(52-28-22-47(2)23-29-52)58-42-66-72-68(44-58)78(10,11)64-40-49(4)60-16-14-18-62(76(66,6)7)70(60)74(64)72)55-34-38-57(39-35-55)82(53-30-24-48(3)25-31-53)59-43-67-73-69(45-59)79(12,13)65-41-50(5)61-17-15-19-63(77(67,8)9)71(61)75(65)73/h14-42,44-45,67H,43H2,1-13H3. The molecule has 0 aliphatic heterocycles. The van der Waals surface area contributed by atoms with Crippen molar-refractivity contribution in [1.29, 1.82) is 0 Å². The van der Waals surface area contributed by atoms with Gasteiger partial charge in [-0.2, -0.15) is 0 Å². The van der Waals surface area contributed by atoms with E-state index in [1.54, 1.807) is 5.57 Å². The second-order valence-electron chi connectivity index (χ2n) is 27.0. The highest BCUT2D eigenvalue weighted by molar-refractivity contribution is 6.10. The van der Waals surface area contributed by atoms with Gasteiger partial charge in [-0.25, -0.2) is 0 Å². The highest BCUT2D eigenvalue weighted by Crippen LogP contribution is 2.65. The van der Waals surface area contributed by atoms with Gasteiger partial charge in [0.15, 0.2) is 0 Å². The van der Waals surface area contributed by atoms with E-state index in [-0.39, 0.29) is 21.7 Å². The molecule has 0 N–H and O–H groups in total. The van der Waals surface area contributed by atoms with Crippen LogP contribution in [-0.2, 0) is 21.7 Å². The number of anilines is 8. The first-order valence-corrected chi connectivity index (χ1v) is 29.8. The van der Waals surface area contributed by atoms with E-state index in [2.05, 4.69) is 293 Å². The minimum Gasteiger partial charge on any atom is -0.314 e. The van der Waals surface area contributed by atoms with Crippen molar-refractivity contribution in [1.82, 2.24) is 0 Å². The van der Waals surface area contributed by atoms with E-state index < -0.39 is 0 Å². The van der Waals surface area contributed by atoms with Crippen molar-refractivity contribution in [2.75, 3.05) is 14.7 Å². The number of aryl methyl sites for hydroxylation is 5. The second kappa shape index (κ2) is 17.3. The number of benzene rings is 10. The Bertz CT molecular complexity index is 4430. The summed E-state index contributed by atoms with van der Waals surface area (Å²) in [6, 6.07) is 69.9. The van der Waals surface area contributed by atoms with Crippen molar-refractivity contribution < 1.29 is 0 Å². The lowest BCUT2D eigenvalue weighted by molar-refractivity contribution is 0.383. The summed E-state index contributed by atoms with van der Waals surface area (Å²) < 4.78 is 0. The normalized spacial score (nSPS) is 17.6. The van der Waals surface area contributed by atoms with Gasteiger partial charge in [0.1, 0.15) is 0 Å². The third kappa shape index (κ3) is 7.01. The molecule has 0 heterocycles. The van der Waals surface area contributed by atoms with Crippen molar-refractivity contribution in [3.05, 3.63) is 266 Å². The van der Waals surface area contributed by atoms with E-state index >= 15 is 0 Å². The molecule has 5 aliphatic rings. The maximum Gasteiger partial charge on any atom is 0.0468 e. The van der Waals surface area contributed by atoms with Gasteiger partial charge in [-0.15, -0.1) is 0 Å². The molecule has 0 amide bonds. The minimum absolute atomic E-state index is 0.0704. The van der Waals surface area contributed by atoms with Gasteiger partial charge in [-0.3, -0.25) is 0 Å². The first kappa shape index (κ1) is 50.6. The molecular formula is C79H73N3. The summed E-state index contributed by atoms with van der Waals surface area (Å²) in [5.41, 5.74) is 32.4. The number of nitrogens with zero attached hydrogens (tertiary/aromatic N) is 3. The third-order valence-electron chi connectivity index (χ3n) is 20.5. The van der Waals surface area contributed by atoms with Gasteiger partial charge in [0.25, 0.3) is 0 Å². The zero-order chi connectivity index (χ0) is 56.7. The SMILES string of the molecule is Cc1ccc(N(C2=CC3=C4c5c(cc(C)c6cccc(c56)C(C)(C)C4C2)C3(C)C)c2ccc(N(c3ccc(C)cc3)c3ccc(N(c4ccc(C)cc4)c4cc5c6c(c4)C(C)(C)c4cccc7c(C)cc(c-6c47)C5(C)C)cc3)cc2)cc1. The van der Waals surface area contributed by atoms with Crippen LogP contribution in [0, 0.1) is 40.5 Å². The zero-order valence-electron chi connectivity index (χ0n) is 50.0. The van der Waals surface area contributed by atoms with Crippen molar-refractivity contribution in [2.45, 2.75) is 118 Å². The smallest absolute Gasteiger partial charge is 0.0468 e. The van der Waals surface area contributed by atoms with Crippen LogP contribution < -0.4 is 14.7 Å². The molecule has 3 heteroatoms. The van der Waals surface area contributed by atoms with Crippen LogP contribution in [0.4, 0.5) is 45.5 Å². The molecule has 404 valence electrons. The van der Waals surface area contributed by atoms with Crippen LogP contribution in [-0.4, -0.2) is 0 Å². The average Bonchev–Trinajstić information content (AvgIpc) is 1.54. The van der Waals surface area contributed by atoms with Crippen molar-refractivity contribution in [3.8, 4) is 11.1 Å². The molecule has 5 aliphatic carbocycles. The van der Waals surface area contributed by atoms with Crippen LogP contribution in [0.15, 0.2) is 199 Å². The lowest BCUT2D eigenvalue weighted by Gasteiger charge is -2.45. The fourth-order valence-electron chi connectivity index (χ4n) is 15.9. The Balaban J connectivity index is 0.838. The van der Waals surface area contributed by atoms with E-state index in [0.717, 1.165) is 40.5 Å². The Hall–Kier alpha value is -8.40. The number of hydrogen-bond donors (Lipinski definition) is 0. The summed E-state index contributed by atoms with van der Waals surface area (Å²) in [6.07, 6.45) is 3.52. The van der Waals surface area contributed by atoms with Gasteiger partial charge in [0.2, 0.25) is 0 Å². The number of hydrogen-bond acceptors (Lipinski definition) is 3. The molecule has 1 unspecified atom stereocenters. The summed E-state index contributed by atoms with van der Waals surface area (Å²) in [5, 5.41) is 5.70. The molecule has 0 radical (unpaired) electrons. The lowest BCUT2D eigenvalue weighted by atomic mass is 9.60. The topological polar surface area (TPSA) is 9.72 Å². The predicted octanol–water partition coefficient (Wildman–Crippen LogP) is 21.5. The molecule has 10 aromatic rings. The second-order valence-corrected chi connectivity index (χ2v) is 27.0. The monoisotopic (exact) mass is 1060 g/mol. The van der Waals surface area contributed by atoms with Gasteiger partial charge in [0, 0.05) is 67.4 Å². The molecule has 3 nitrogen and oxygen atoms in total. The molecule has 0 fully saturated rings. The molecule has 0 bridgehead atoms. The summed E-state index contributed by atoms with van der Waals surface area (Å²) in [4.78, 5) is 7.46. The van der Waals surface area contributed by atoms with E-state index in [0.29, 0.717) is 5.92 Å². The molecule has 0 saturated carbocycles. The van der Waals surface area contributed by atoms with Gasteiger partial charge < -0.3 is 14.7 Å². The van der Waals surface area contributed by atoms with Gasteiger partial charge in [-0.1, -0.05) is 157 Å². The molecule has 15 rings (SSSR count). The number of allylic oxidation sites excluding steroid dienone is 4. The first-order chi connectivity index (χ1) is 39.2. The zero-order valence-corrected chi connectivity index (χ0v) is 50.0. The van der Waals surface area contributed by atoms with Crippen molar-refractivity contribution in [3.63, 3.8) is 0 Å². The van der Waals surface area contributed by atoms with Gasteiger partial charge in [0.05, 0.1) is 0 Å². The van der Waals surface area contributed by atoms with Crippen LogP contribution in [0.5, 0.6) is 0 Å². The Kier molecular flexibility index (Phi) is 10.7. The fraction of sp³-hybridized carbons (Fsp3) is 0.241. The first-order valence-electron chi connectivity index (χ1n) is 29.8. The maximum absolute atomic E-state index is 2.58. The predicted molar refractivity (Wildman–Crippen MR) is 348 cm³/mol. The summed E-state index contributed by atoms with van der Waals surface area (Å²) in [7, 11) is 0. The Morgan fingerprint density at radius 1 is 0.341 bits per heavy atom. The maximum atomic E-state index is 2.58. The van der Waals surface area contributed by atoms with Crippen LogP contribution in [0.3, 0.4) is 0 Å². The van der Waals surface area contributed by atoms with Gasteiger partial charge >= 0.3 is 0 Å². The fourth-order valence-corrected chi connectivity index (χ4v) is 15.9. The Labute approximate surface area is 485 Å². The van der Waals surface area contributed by atoms with Crippen molar-refractivity contribution in [2.24, 2.45) is 5.92 Å². The van der Waals surface area contributed by atoms with Gasteiger partial charge in [-0.05, 0) is 249 Å². The molecule has 0 aromatic heterocycles. The van der Waals surface area contributed by atoms with E-state index in [1.165, 1.54) is 122 Å². The quantitative estimate of drug-likeness (QED) is 0.143. The summed E-state index contributed by atoms with van der Waals surface area (Å²) >= 11 is 0. The van der Waals surface area contributed by atoms with E-state index in [1.807, 2.05) is 0 Å². The van der Waals surface area contributed by atoms with E-state index in [9.17, 15) is 0 Å². The third-order valence-corrected chi connectivity index (χ3v) is 20.5. The Morgan fingerprint density at radius 3 is 1.17 bits per heavy atom. The van der Waals surface area contributed by atoms with Crippen molar-refractivity contribution >= 4 is 72.6 Å². The largest absolute Gasteiger partial charge is 0.314 e. The highest BCUT2D eigenvalue weighted by Gasteiger charge is 2.52.